The number of anilines is 1. The maximum absolute atomic E-state index is 12.3. The lowest BCUT2D eigenvalue weighted by molar-refractivity contribution is -0.384. The van der Waals surface area contributed by atoms with Crippen molar-refractivity contribution in [3.8, 4) is 0 Å². The number of rotatable bonds is 8. The highest BCUT2D eigenvalue weighted by Gasteiger charge is 2.19. The summed E-state index contributed by atoms with van der Waals surface area (Å²) in [5.41, 5.74) is -0.0199. The lowest BCUT2D eigenvalue weighted by Crippen LogP contribution is -2.47. The van der Waals surface area contributed by atoms with Crippen molar-refractivity contribution >= 4 is 23.2 Å². The molecule has 0 aliphatic carbocycles. The Balaban J connectivity index is 2.54. The van der Waals surface area contributed by atoms with Crippen LogP contribution in [0.4, 0.5) is 11.4 Å². The predicted octanol–water partition coefficient (Wildman–Crippen LogP) is 2.16. The van der Waals surface area contributed by atoms with Crippen LogP contribution in [-0.2, 0) is 9.59 Å². The average molecular weight is 350 g/mol. The van der Waals surface area contributed by atoms with Crippen LogP contribution >= 0.6 is 0 Å². The number of nitro groups is 1. The zero-order valence-electron chi connectivity index (χ0n) is 15.2. The van der Waals surface area contributed by atoms with Gasteiger partial charge in [-0.2, -0.15) is 0 Å². The number of likely N-dealkylation sites (N-methyl/N-ethyl adjacent to an activating group) is 1. The number of carbonyl (C=O) groups is 2. The average Bonchev–Trinajstić information content (AvgIpc) is 2.51. The predicted molar refractivity (Wildman–Crippen MR) is 96.4 cm³/mol. The molecule has 0 bridgehead atoms. The van der Waals surface area contributed by atoms with Gasteiger partial charge in [0.05, 0.1) is 11.5 Å². The van der Waals surface area contributed by atoms with Gasteiger partial charge in [-0.25, -0.2) is 0 Å². The lowest BCUT2D eigenvalue weighted by Gasteiger charge is -2.25. The molecule has 2 N–H and O–H groups in total. The minimum atomic E-state index is -0.473. The first-order valence-electron chi connectivity index (χ1n) is 8.20. The molecule has 0 heterocycles. The van der Waals surface area contributed by atoms with Crippen molar-refractivity contribution < 1.29 is 14.5 Å². The number of nitro benzene ring substituents is 1. The van der Waals surface area contributed by atoms with Gasteiger partial charge in [-0.15, -0.1) is 0 Å². The van der Waals surface area contributed by atoms with Crippen LogP contribution in [0.25, 0.3) is 0 Å². The second kappa shape index (κ2) is 9.00. The minimum Gasteiger partial charge on any atom is -0.379 e. The number of nitrogens with one attached hydrogen (secondary N) is 2. The van der Waals surface area contributed by atoms with Gasteiger partial charge in [0, 0.05) is 31.1 Å². The fraction of sp³-hybridized carbons (Fsp3) is 0.529. The first-order valence-corrected chi connectivity index (χ1v) is 8.20. The van der Waals surface area contributed by atoms with Gasteiger partial charge in [-0.3, -0.25) is 19.7 Å². The Morgan fingerprint density at radius 2 is 1.88 bits per heavy atom. The number of hydrogen-bond donors (Lipinski definition) is 2. The van der Waals surface area contributed by atoms with E-state index < -0.39 is 4.92 Å². The molecule has 0 radical (unpaired) electrons. The molecule has 8 nitrogen and oxygen atoms in total. The third-order valence-corrected chi connectivity index (χ3v) is 3.34. The summed E-state index contributed by atoms with van der Waals surface area (Å²) in [4.78, 5) is 36.2. The zero-order valence-corrected chi connectivity index (χ0v) is 15.2. The molecule has 0 aromatic heterocycles. The molecule has 8 heteroatoms. The van der Waals surface area contributed by atoms with Crippen LogP contribution in [0.3, 0.4) is 0 Å². The van der Waals surface area contributed by atoms with Crippen molar-refractivity contribution in [2.75, 3.05) is 25.0 Å². The Hall–Kier alpha value is -2.64. The summed E-state index contributed by atoms with van der Waals surface area (Å²) in [6.45, 7) is 8.10. The molecule has 2 amide bonds. The highest BCUT2D eigenvalue weighted by Crippen LogP contribution is 2.22. The summed E-state index contributed by atoms with van der Waals surface area (Å²) < 4.78 is 0. The third kappa shape index (κ3) is 7.19. The standard InChI is InChI=1S/C17H26N4O4/c1-5-20(12-15(22)19-17(2,3)4)16(23)10-11-18-13-8-6-7-9-14(13)21(24)25/h6-9,18H,5,10-12H2,1-4H3,(H,19,22). The van der Waals surface area contributed by atoms with Gasteiger partial charge < -0.3 is 15.5 Å². The Labute approximate surface area is 147 Å². The van der Waals surface area contributed by atoms with Gasteiger partial charge in [-0.05, 0) is 33.8 Å². The summed E-state index contributed by atoms with van der Waals surface area (Å²) in [5.74, 6) is -0.396. The molecule has 138 valence electrons. The second-order valence-electron chi connectivity index (χ2n) is 6.66. The van der Waals surface area contributed by atoms with E-state index in [-0.39, 0.29) is 42.6 Å². The summed E-state index contributed by atoms with van der Waals surface area (Å²) in [5, 5.41) is 16.7. The number of carbonyl (C=O) groups excluding carboxylic acids is 2. The van der Waals surface area contributed by atoms with Crippen molar-refractivity contribution in [2.45, 2.75) is 39.7 Å². The molecule has 25 heavy (non-hydrogen) atoms. The Morgan fingerprint density at radius 1 is 1.24 bits per heavy atom. The van der Waals surface area contributed by atoms with Crippen molar-refractivity contribution in [1.82, 2.24) is 10.2 Å². The molecule has 1 aromatic rings. The van der Waals surface area contributed by atoms with E-state index in [0.29, 0.717) is 12.2 Å². The van der Waals surface area contributed by atoms with Gasteiger partial charge in [0.1, 0.15) is 5.69 Å². The fourth-order valence-electron chi connectivity index (χ4n) is 2.25. The SMILES string of the molecule is CCN(CC(=O)NC(C)(C)C)C(=O)CCNc1ccccc1[N+](=O)[O-]. The minimum absolute atomic E-state index is 0.00190. The Kier molecular flexibility index (Phi) is 7.35. The smallest absolute Gasteiger partial charge is 0.292 e. The molecule has 0 saturated heterocycles. The quantitative estimate of drug-likeness (QED) is 0.552. The molecule has 0 aliphatic heterocycles. The highest BCUT2D eigenvalue weighted by atomic mass is 16.6. The van der Waals surface area contributed by atoms with Crippen LogP contribution in [0, 0.1) is 10.1 Å². The third-order valence-electron chi connectivity index (χ3n) is 3.34. The van der Waals surface area contributed by atoms with Gasteiger partial charge in [-0.1, -0.05) is 12.1 Å². The normalized spacial score (nSPS) is 10.9. The largest absolute Gasteiger partial charge is 0.379 e. The summed E-state index contributed by atoms with van der Waals surface area (Å²) in [6, 6.07) is 6.27. The molecule has 0 atom stereocenters. The van der Waals surface area contributed by atoms with Gasteiger partial charge >= 0.3 is 0 Å². The van der Waals surface area contributed by atoms with Crippen LogP contribution < -0.4 is 10.6 Å². The van der Waals surface area contributed by atoms with Crippen molar-refractivity contribution in [3.05, 3.63) is 34.4 Å². The van der Waals surface area contributed by atoms with Gasteiger partial charge in [0.25, 0.3) is 5.69 Å². The number of amides is 2. The topological polar surface area (TPSA) is 105 Å². The maximum atomic E-state index is 12.3. The number of hydrogen-bond acceptors (Lipinski definition) is 5. The van der Waals surface area contributed by atoms with E-state index in [2.05, 4.69) is 10.6 Å². The van der Waals surface area contributed by atoms with Crippen LogP contribution in [0.5, 0.6) is 0 Å². The summed E-state index contributed by atoms with van der Waals surface area (Å²) >= 11 is 0. The van der Waals surface area contributed by atoms with Crippen LogP contribution in [0.2, 0.25) is 0 Å². The van der Waals surface area contributed by atoms with E-state index in [1.807, 2.05) is 20.8 Å². The first-order chi connectivity index (χ1) is 11.6. The molecule has 1 rings (SSSR count). The number of nitrogens with zero attached hydrogens (tertiary/aromatic N) is 2. The van der Waals surface area contributed by atoms with E-state index in [9.17, 15) is 19.7 Å². The zero-order chi connectivity index (χ0) is 19.0. The van der Waals surface area contributed by atoms with E-state index in [0.717, 1.165) is 0 Å². The lowest BCUT2D eigenvalue weighted by atomic mass is 10.1. The monoisotopic (exact) mass is 350 g/mol. The van der Waals surface area contributed by atoms with Gasteiger partial charge in [0.15, 0.2) is 0 Å². The maximum Gasteiger partial charge on any atom is 0.292 e. The molecule has 0 saturated carbocycles. The molecular formula is C17H26N4O4. The van der Waals surface area contributed by atoms with E-state index in [4.69, 9.17) is 0 Å². The van der Waals surface area contributed by atoms with Crippen LogP contribution in [0.15, 0.2) is 24.3 Å². The Morgan fingerprint density at radius 3 is 2.44 bits per heavy atom. The molecule has 0 unspecified atom stereocenters. The van der Waals surface area contributed by atoms with E-state index >= 15 is 0 Å². The van der Waals surface area contributed by atoms with Crippen LogP contribution in [-0.4, -0.2) is 46.8 Å². The molecule has 0 spiro atoms. The molecule has 0 aliphatic rings. The summed E-state index contributed by atoms with van der Waals surface area (Å²) in [6.07, 6.45) is 0.142. The van der Waals surface area contributed by atoms with Crippen molar-refractivity contribution in [3.63, 3.8) is 0 Å². The van der Waals surface area contributed by atoms with E-state index in [1.54, 1.807) is 25.1 Å². The molecular weight excluding hydrogens is 324 g/mol. The Bertz CT molecular complexity index is 625. The molecule has 1 aromatic carbocycles. The first kappa shape index (κ1) is 20.4. The second-order valence-corrected chi connectivity index (χ2v) is 6.66. The van der Waals surface area contributed by atoms with E-state index in [1.165, 1.54) is 11.0 Å². The number of para-hydroxylation sites is 2. The molecule has 0 fully saturated rings. The van der Waals surface area contributed by atoms with Crippen molar-refractivity contribution in [1.29, 1.82) is 0 Å². The highest BCUT2D eigenvalue weighted by molar-refractivity contribution is 5.85. The van der Waals surface area contributed by atoms with Crippen LogP contribution in [0.1, 0.15) is 34.1 Å². The number of benzene rings is 1. The van der Waals surface area contributed by atoms with Gasteiger partial charge in [0.2, 0.25) is 11.8 Å². The fourth-order valence-corrected chi connectivity index (χ4v) is 2.25. The van der Waals surface area contributed by atoms with Crippen molar-refractivity contribution in [2.24, 2.45) is 0 Å². The summed E-state index contributed by atoms with van der Waals surface area (Å²) in [7, 11) is 0.